The molecular weight excluding hydrogens is 947 g/mol. The van der Waals surface area contributed by atoms with Crippen LogP contribution in [0, 0.1) is 0 Å². The highest BCUT2D eigenvalue weighted by atomic mass is 16.5. The minimum absolute atomic E-state index is 0.0123. The van der Waals surface area contributed by atoms with Crippen molar-refractivity contribution in [3.63, 3.8) is 0 Å². The normalized spacial score (nSPS) is 12.6. The standard InChI is InChI=1S/C71H137NO5/c1-3-5-7-9-11-13-15-17-19-33-37-41-45-49-53-57-61-65-71(76)77-66-62-58-54-50-46-42-38-35-32-30-28-26-24-22-20-21-23-25-27-29-31-34-36-40-44-48-52-56-60-64-70(75)72-68(67-73)69(74)63-59-55-51-47-43-39-18-16-14-12-10-8-6-4-2/h11,13,17,19,68-69,73-74H,3-10,12,14-16,18,20-67H2,1-2H3,(H,72,75)/b13-11-,19-17-. The molecule has 0 heterocycles. The lowest BCUT2D eigenvalue weighted by Gasteiger charge is -2.22. The number of ether oxygens (including phenoxy) is 1. The number of rotatable bonds is 66. The summed E-state index contributed by atoms with van der Waals surface area (Å²) in [6.07, 6.45) is 83.7. The Morgan fingerprint density at radius 3 is 1.01 bits per heavy atom. The first-order valence-corrected chi connectivity index (χ1v) is 35.1. The first-order chi connectivity index (χ1) is 38.0. The Hall–Kier alpha value is -1.66. The molecule has 0 rings (SSSR count). The molecule has 0 spiro atoms. The first-order valence-electron chi connectivity index (χ1n) is 35.1. The van der Waals surface area contributed by atoms with Crippen molar-refractivity contribution in [2.24, 2.45) is 0 Å². The Morgan fingerprint density at radius 2 is 0.649 bits per heavy atom. The summed E-state index contributed by atoms with van der Waals surface area (Å²) in [5.74, 6) is -0.0166. The molecule has 2 atom stereocenters. The Morgan fingerprint density at radius 1 is 0.364 bits per heavy atom. The van der Waals surface area contributed by atoms with Crippen LogP contribution in [0.3, 0.4) is 0 Å². The highest BCUT2D eigenvalue weighted by Crippen LogP contribution is 2.19. The number of carbonyl (C=O) groups excluding carboxylic acids is 2. The smallest absolute Gasteiger partial charge is 0.305 e. The number of carbonyl (C=O) groups is 2. The zero-order chi connectivity index (χ0) is 55.7. The summed E-state index contributed by atoms with van der Waals surface area (Å²) in [6, 6.07) is -0.538. The Balaban J connectivity index is 3.32. The largest absolute Gasteiger partial charge is 0.466 e. The fourth-order valence-corrected chi connectivity index (χ4v) is 11.1. The summed E-state index contributed by atoms with van der Waals surface area (Å²) < 4.78 is 5.50. The summed E-state index contributed by atoms with van der Waals surface area (Å²) in [7, 11) is 0. The number of allylic oxidation sites excluding steroid dienone is 4. The molecule has 6 heteroatoms. The number of amides is 1. The third kappa shape index (κ3) is 63.4. The summed E-state index contributed by atoms with van der Waals surface area (Å²) in [6.45, 7) is 4.96. The molecule has 0 bridgehead atoms. The van der Waals surface area contributed by atoms with E-state index in [1.54, 1.807) is 0 Å². The van der Waals surface area contributed by atoms with E-state index >= 15 is 0 Å². The third-order valence-corrected chi connectivity index (χ3v) is 16.5. The minimum Gasteiger partial charge on any atom is -0.466 e. The molecule has 0 aromatic rings. The van der Waals surface area contributed by atoms with Crippen molar-refractivity contribution in [2.75, 3.05) is 13.2 Å². The number of aliphatic hydroxyl groups is 2. The predicted molar refractivity (Wildman–Crippen MR) is 338 cm³/mol. The van der Waals surface area contributed by atoms with E-state index in [1.165, 1.54) is 308 Å². The van der Waals surface area contributed by atoms with Crippen LogP contribution in [0.2, 0.25) is 0 Å². The van der Waals surface area contributed by atoms with E-state index in [0.29, 0.717) is 25.9 Å². The van der Waals surface area contributed by atoms with Gasteiger partial charge < -0.3 is 20.3 Å². The number of unbranched alkanes of at least 4 members (excludes halogenated alkanes) is 51. The van der Waals surface area contributed by atoms with Crippen LogP contribution < -0.4 is 5.32 Å². The minimum atomic E-state index is -0.661. The van der Waals surface area contributed by atoms with Crippen LogP contribution in [0.15, 0.2) is 24.3 Å². The Bertz CT molecular complexity index is 1200. The number of esters is 1. The van der Waals surface area contributed by atoms with Gasteiger partial charge in [0.2, 0.25) is 5.91 Å². The van der Waals surface area contributed by atoms with Crippen LogP contribution in [0.5, 0.6) is 0 Å². The van der Waals surface area contributed by atoms with Gasteiger partial charge in [-0.2, -0.15) is 0 Å². The lowest BCUT2D eigenvalue weighted by molar-refractivity contribution is -0.143. The van der Waals surface area contributed by atoms with Crippen molar-refractivity contribution in [3.8, 4) is 0 Å². The summed E-state index contributed by atoms with van der Waals surface area (Å²) >= 11 is 0. The van der Waals surface area contributed by atoms with Crippen molar-refractivity contribution in [1.29, 1.82) is 0 Å². The van der Waals surface area contributed by atoms with Crippen LogP contribution in [-0.2, 0) is 14.3 Å². The SMILES string of the molecule is CCCCC/C=C\C/C=C\CCCCCCCCCC(=O)OCCCCCCCCCCCCCCCCCCCCCCCCCCCCCCCC(=O)NC(CO)C(O)CCCCCCCCCCCCCCCC. The number of hydrogen-bond donors (Lipinski definition) is 3. The number of hydrogen-bond acceptors (Lipinski definition) is 5. The third-order valence-electron chi connectivity index (χ3n) is 16.5. The first kappa shape index (κ1) is 75.3. The average molecular weight is 1080 g/mol. The van der Waals surface area contributed by atoms with Crippen molar-refractivity contribution in [2.45, 2.75) is 405 Å². The topological polar surface area (TPSA) is 95.9 Å². The molecule has 0 aliphatic heterocycles. The van der Waals surface area contributed by atoms with E-state index in [2.05, 4.69) is 43.5 Å². The van der Waals surface area contributed by atoms with E-state index in [9.17, 15) is 19.8 Å². The zero-order valence-electron chi connectivity index (χ0n) is 52.2. The summed E-state index contributed by atoms with van der Waals surface area (Å²) in [5.41, 5.74) is 0. The van der Waals surface area contributed by atoms with Crippen LogP contribution in [0.4, 0.5) is 0 Å². The van der Waals surface area contributed by atoms with Gasteiger partial charge in [-0.1, -0.05) is 346 Å². The fraction of sp³-hybridized carbons (Fsp3) is 0.915. The maximum absolute atomic E-state index is 12.5. The highest BCUT2D eigenvalue weighted by Gasteiger charge is 2.20. The van der Waals surface area contributed by atoms with Gasteiger partial charge in [-0.25, -0.2) is 0 Å². The van der Waals surface area contributed by atoms with Crippen LogP contribution >= 0.6 is 0 Å². The molecule has 0 aliphatic rings. The zero-order valence-corrected chi connectivity index (χ0v) is 52.2. The van der Waals surface area contributed by atoms with Crippen molar-refractivity contribution in [3.05, 3.63) is 24.3 Å². The molecule has 0 fully saturated rings. The number of nitrogens with one attached hydrogen (secondary N) is 1. The van der Waals surface area contributed by atoms with Crippen LogP contribution in [-0.4, -0.2) is 47.4 Å². The van der Waals surface area contributed by atoms with Gasteiger partial charge in [0.15, 0.2) is 0 Å². The second kappa shape index (κ2) is 66.8. The van der Waals surface area contributed by atoms with Gasteiger partial charge >= 0.3 is 5.97 Å². The van der Waals surface area contributed by atoms with Crippen molar-refractivity contribution < 1.29 is 24.5 Å². The molecular formula is C71H137NO5. The average Bonchev–Trinajstić information content (AvgIpc) is 3.43. The van der Waals surface area contributed by atoms with Gasteiger partial charge in [0.05, 0.1) is 25.4 Å². The Labute approximate surface area is 481 Å². The van der Waals surface area contributed by atoms with Gasteiger partial charge in [-0.15, -0.1) is 0 Å². The monoisotopic (exact) mass is 1080 g/mol. The molecule has 0 saturated carbocycles. The lowest BCUT2D eigenvalue weighted by atomic mass is 10.0. The maximum Gasteiger partial charge on any atom is 0.305 e. The van der Waals surface area contributed by atoms with E-state index in [4.69, 9.17) is 4.74 Å². The quantitative estimate of drug-likeness (QED) is 0.0320. The van der Waals surface area contributed by atoms with Gasteiger partial charge in [0.25, 0.3) is 0 Å². The molecule has 6 nitrogen and oxygen atoms in total. The Kier molecular flexibility index (Phi) is 65.4. The van der Waals surface area contributed by atoms with Gasteiger partial charge in [-0.05, 0) is 57.8 Å². The molecule has 0 radical (unpaired) electrons. The molecule has 1 amide bonds. The highest BCUT2D eigenvalue weighted by molar-refractivity contribution is 5.76. The van der Waals surface area contributed by atoms with Gasteiger partial charge in [-0.3, -0.25) is 9.59 Å². The van der Waals surface area contributed by atoms with E-state index in [0.717, 1.165) is 51.4 Å². The van der Waals surface area contributed by atoms with Gasteiger partial charge in [0, 0.05) is 12.8 Å². The molecule has 77 heavy (non-hydrogen) atoms. The van der Waals surface area contributed by atoms with Crippen molar-refractivity contribution >= 4 is 11.9 Å². The van der Waals surface area contributed by atoms with Gasteiger partial charge in [0.1, 0.15) is 0 Å². The maximum atomic E-state index is 12.5. The van der Waals surface area contributed by atoms with Crippen LogP contribution in [0.1, 0.15) is 393 Å². The molecule has 0 aliphatic carbocycles. The second-order valence-corrected chi connectivity index (χ2v) is 24.2. The predicted octanol–water partition coefficient (Wildman–Crippen LogP) is 22.5. The molecule has 456 valence electrons. The summed E-state index contributed by atoms with van der Waals surface area (Å²) in [4.78, 5) is 24.6. The van der Waals surface area contributed by atoms with E-state index < -0.39 is 12.1 Å². The lowest BCUT2D eigenvalue weighted by Crippen LogP contribution is -2.45. The molecule has 0 aromatic heterocycles. The van der Waals surface area contributed by atoms with E-state index in [1.807, 2.05) is 0 Å². The fourth-order valence-electron chi connectivity index (χ4n) is 11.1. The summed E-state index contributed by atoms with van der Waals surface area (Å²) in [5, 5.41) is 23.3. The van der Waals surface area contributed by atoms with E-state index in [-0.39, 0.29) is 18.5 Å². The van der Waals surface area contributed by atoms with Crippen LogP contribution in [0.25, 0.3) is 0 Å². The molecule has 0 aromatic carbocycles. The molecule has 3 N–H and O–H groups in total. The number of aliphatic hydroxyl groups excluding tert-OH is 2. The second-order valence-electron chi connectivity index (χ2n) is 24.2. The molecule has 2 unspecified atom stereocenters. The molecule has 0 saturated heterocycles. The van der Waals surface area contributed by atoms with Crippen molar-refractivity contribution in [1.82, 2.24) is 5.32 Å².